The monoisotopic (exact) mass is 402 g/mol. The summed E-state index contributed by atoms with van der Waals surface area (Å²) in [7, 11) is 0. The van der Waals surface area contributed by atoms with Crippen molar-refractivity contribution in [2.45, 2.75) is 25.2 Å². The van der Waals surface area contributed by atoms with E-state index in [1.807, 2.05) is 0 Å². The van der Waals surface area contributed by atoms with Gasteiger partial charge >= 0.3 is 6.18 Å². The van der Waals surface area contributed by atoms with Crippen molar-refractivity contribution >= 4 is 5.78 Å². The summed E-state index contributed by atoms with van der Waals surface area (Å²) in [5.41, 5.74) is -2.49. The minimum absolute atomic E-state index is 0.0594. The van der Waals surface area contributed by atoms with Crippen molar-refractivity contribution < 1.29 is 28.2 Å². The Bertz CT molecular complexity index is 1120. The molecule has 0 spiro atoms. The molecule has 2 N–H and O–H groups in total. The van der Waals surface area contributed by atoms with Crippen molar-refractivity contribution in [3.8, 4) is 22.3 Å². The van der Waals surface area contributed by atoms with Crippen LogP contribution in [0.25, 0.3) is 22.3 Å². The molecular formula is C21H17F3N2O3. The number of alkyl halides is 3. The van der Waals surface area contributed by atoms with Crippen molar-refractivity contribution in [3.63, 3.8) is 0 Å². The molecule has 0 fully saturated rings. The Morgan fingerprint density at radius 3 is 2.55 bits per heavy atom. The number of aliphatic hydroxyl groups is 2. The smallest absolute Gasteiger partial charge is 0.394 e. The van der Waals surface area contributed by atoms with E-state index in [9.17, 15) is 23.1 Å². The van der Waals surface area contributed by atoms with E-state index in [4.69, 9.17) is 5.11 Å². The van der Waals surface area contributed by atoms with Gasteiger partial charge in [-0.15, -0.1) is 0 Å². The number of fused-ring (bicyclic) bond motifs is 3. The Labute approximate surface area is 164 Å². The second-order valence-electron chi connectivity index (χ2n) is 6.97. The summed E-state index contributed by atoms with van der Waals surface area (Å²) in [5, 5.41) is 24.1. The average Bonchev–Trinajstić information content (AvgIpc) is 3.23. The lowest BCUT2D eigenvalue weighted by Crippen LogP contribution is -2.41. The number of rotatable bonds is 4. The van der Waals surface area contributed by atoms with Crippen LogP contribution in [0.4, 0.5) is 13.2 Å². The molecule has 4 rings (SSSR count). The number of hydrogen-bond acceptors (Lipinski definition) is 4. The van der Waals surface area contributed by atoms with Crippen LogP contribution in [0, 0.1) is 0 Å². The average molecular weight is 402 g/mol. The maximum atomic E-state index is 14.1. The highest BCUT2D eigenvalue weighted by molar-refractivity contribution is 6.00. The van der Waals surface area contributed by atoms with Crippen LogP contribution in [0.5, 0.6) is 0 Å². The predicted octanol–water partition coefficient (Wildman–Crippen LogP) is 3.52. The number of carbonyl (C=O) groups is 1. The Kier molecular flexibility index (Phi) is 4.36. The summed E-state index contributed by atoms with van der Waals surface area (Å²) < 4.78 is 43.7. The van der Waals surface area contributed by atoms with E-state index in [-0.39, 0.29) is 41.0 Å². The lowest BCUT2D eigenvalue weighted by Gasteiger charge is -2.28. The zero-order chi connectivity index (χ0) is 21.0. The SMILES string of the molecule is CC(=O)c1cc(-c2cnn(CCO)c2)c2c(c1)C(O)(C(F)(F)F)c1ccccc1-2. The normalized spacial score (nSPS) is 17.9. The maximum absolute atomic E-state index is 14.1. The van der Waals surface area contributed by atoms with Gasteiger partial charge in [0.2, 0.25) is 5.60 Å². The molecule has 8 heteroatoms. The second-order valence-corrected chi connectivity index (χ2v) is 6.97. The van der Waals surface area contributed by atoms with Crippen LogP contribution in [-0.4, -0.2) is 38.6 Å². The minimum atomic E-state index is -4.98. The molecule has 1 aromatic heterocycles. The molecule has 0 amide bonds. The topological polar surface area (TPSA) is 75.4 Å². The van der Waals surface area contributed by atoms with Crippen LogP contribution < -0.4 is 0 Å². The highest BCUT2D eigenvalue weighted by atomic mass is 19.4. The van der Waals surface area contributed by atoms with Gasteiger partial charge in [0.15, 0.2) is 5.78 Å². The first kappa shape index (κ1) is 19.4. The Morgan fingerprint density at radius 2 is 1.90 bits per heavy atom. The van der Waals surface area contributed by atoms with E-state index in [0.717, 1.165) is 6.07 Å². The third kappa shape index (κ3) is 2.79. The van der Waals surface area contributed by atoms with Crippen LogP contribution >= 0.6 is 0 Å². The highest BCUT2D eigenvalue weighted by Crippen LogP contribution is 2.57. The van der Waals surface area contributed by atoms with Crippen molar-refractivity contribution in [3.05, 3.63) is 65.5 Å². The van der Waals surface area contributed by atoms with Gasteiger partial charge in [-0.25, -0.2) is 0 Å². The third-order valence-corrected chi connectivity index (χ3v) is 5.20. The number of benzene rings is 2. The lowest BCUT2D eigenvalue weighted by molar-refractivity contribution is -0.246. The van der Waals surface area contributed by atoms with Crippen molar-refractivity contribution in [1.29, 1.82) is 0 Å². The molecular weight excluding hydrogens is 385 g/mol. The number of nitrogens with zero attached hydrogens (tertiary/aromatic N) is 2. The predicted molar refractivity (Wildman–Crippen MR) is 99.2 cm³/mol. The van der Waals surface area contributed by atoms with Crippen LogP contribution in [0.1, 0.15) is 28.4 Å². The second kappa shape index (κ2) is 6.53. The number of hydrogen-bond donors (Lipinski definition) is 2. The van der Waals surface area contributed by atoms with Gasteiger partial charge in [-0.1, -0.05) is 24.3 Å². The number of aromatic nitrogens is 2. The summed E-state index contributed by atoms with van der Waals surface area (Å²) in [6.07, 6.45) is -1.94. The summed E-state index contributed by atoms with van der Waals surface area (Å²) in [6, 6.07) is 8.43. The largest absolute Gasteiger partial charge is 0.425 e. The molecule has 0 aliphatic heterocycles. The first-order valence-corrected chi connectivity index (χ1v) is 8.90. The van der Waals surface area contributed by atoms with Gasteiger partial charge in [-0.3, -0.25) is 9.48 Å². The maximum Gasteiger partial charge on any atom is 0.425 e. The quantitative estimate of drug-likeness (QED) is 0.655. The Morgan fingerprint density at radius 1 is 1.17 bits per heavy atom. The number of halogens is 3. The Hall–Kier alpha value is -2.97. The molecule has 1 unspecified atom stereocenters. The van der Waals surface area contributed by atoms with E-state index < -0.39 is 17.6 Å². The standard InChI is InChI=1S/C21H17F3N2O3/c1-12(28)13-8-16(14-10-25-26(11-14)6-7-27)19-15-4-2-3-5-17(15)20(29,18(19)9-13)21(22,23)24/h2-5,8-11,27,29H,6-7H2,1H3. The van der Waals surface area contributed by atoms with Crippen molar-refractivity contribution in [2.75, 3.05) is 6.61 Å². The van der Waals surface area contributed by atoms with Gasteiger partial charge in [-0.05, 0) is 35.7 Å². The zero-order valence-electron chi connectivity index (χ0n) is 15.4. The Balaban J connectivity index is 2.08. The van der Waals surface area contributed by atoms with E-state index >= 15 is 0 Å². The van der Waals surface area contributed by atoms with Gasteiger partial charge < -0.3 is 10.2 Å². The van der Waals surface area contributed by atoms with Crippen LogP contribution in [0.3, 0.4) is 0 Å². The summed E-state index contributed by atoms with van der Waals surface area (Å²) in [5.74, 6) is -0.419. The summed E-state index contributed by atoms with van der Waals surface area (Å²) in [4.78, 5) is 12.1. The van der Waals surface area contributed by atoms with E-state index in [0.29, 0.717) is 11.1 Å². The number of carbonyl (C=O) groups excluding carboxylic acids is 1. The first-order valence-electron chi connectivity index (χ1n) is 8.90. The fourth-order valence-corrected chi connectivity index (χ4v) is 3.84. The molecule has 150 valence electrons. The summed E-state index contributed by atoms with van der Waals surface area (Å²) in [6.45, 7) is 1.33. The van der Waals surface area contributed by atoms with E-state index in [1.54, 1.807) is 12.3 Å². The molecule has 5 nitrogen and oxygen atoms in total. The fourth-order valence-electron chi connectivity index (χ4n) is 3.84. The molecule has 0 saturated carbocycles. The van der Waals surface area contributed by atoms with Crippen LogP contribution in [0.2, 0.25) is 0 Å². The van der Waals surface area contributed by atoms with Crippen LogP contribution in [-0.2, 0) is 12.1 Å². The fraction of sp³-hybridized carbons (Fsp3) is 0.238. The minimum Gasteiger partial charge on any atom is -0.394 e. The van der Waals surface area contributed by atoms with Crippen molar-refractivity contribution in [2.24, 2.45) is 0 Å². The van der Waals surface area contributed by atoms with Gasteiger partial charge in [0.25, 0.3) is 0 Å². The third-order valence-electron chi connectivity index (χ3n) is 5.20. The lowest BCUT2D eigenvalue weighted by atomic mass is 9.87. The molecule has 1 atom stereocenters. The molecule has 1 heterocycles. The highest BCUT2D eigenvalue weighted by Gasteiger charge is 2.61. The molecule has 0 bridgehead atoms. The van der Waals surface area contributed by atoms with E-state index in [1.165, 1.54) is 42.1 Å². The molecule has 3 aromatic rings. The molecule has 1 aliphatic carbocycles. The number of Topliss-reactive ketones (excluding diaryl/α,β-unsaturated/α-hetero) is 1. The van der Waals surface area contributed by atoms with Gasteiger partial charge in [0.1, 0.15) is 0 Å². The van der Waals surface area contributed by atoms with Gasteiger partial charge in [0, 0.05) is 28.5 Å². The van der Waals surface area contributed by atoms with Gasteiger partial charge in [-0.2, -0.15) is 18.3 Å². The zero-order valence-corrected chi connectivity index (χ0v) is 15.4. The van der Waals surface area contributed by atoms with Crippen LogP contribution in [0.15, 0.2) is 48.8 Å². The molecule has 2 aromatic carbocycles. The number of aliphatic hydroxyl groups excluding tert-OH is 1. The molecule has 29 heavy (non-hydrogen) atoms. The number of ketones is 1. The molecule has 1 aliphatic rings. The van der Waals surface area contributed by atoms with E-state index in [2.05, 4.69) is 5.10 Å². The summed E-state index contributed by atoms with van der Waals surface area (Å²) >= 11 is 0. The first-order chi connectivity index (χ1) is 13.7. The molecule has 0 saturated heterocycles. The van der Waals surface area contributed by atoms with Crippen molar-refractivity contribution in [1.82, 2.24) is 9.78 Å². The molecule has 0 radical (unpaired) electrons. The van der Waals surface area contributed by atoms with Gasteiger partial charge in [0.05, 0.1) is 19.3 Å².